The molecule has 86 valence electrons. The van der Waals surface area contributed by atoms with E-state index >= 15 is 0 Å². The van der Waals surface area contributed by atoms with Gasteiger partial charge in [0.2, 0.25) is 0 Å². The zero-order chi connectivity index (χ0) is 12.3. The quantitative estimate of drug-likeness (QED) is 0.699. The Labute approximate surface area is 108 Å². The third-order valence-corrected chi connectivity index (χ3v) is 2.90. The molecule has 0 atom stereocenters. The Balaban J connectivity index is 2.23. The second-order valence-corrected chi connectivity index (χ2v) is 4.61. The standard InChI is InChI=1S/C13H11BrN2O/c14-10-3-4-12(15)11(7-10)13(17)6-9-2-1-5-16-8-9/h1-5,7-8H,6,15H2. The van der Waals surface area contributed by atoms with Gasteiger partial charge in [-0.2, -0.15) is 0 Å². The molecule has 4 heteroatoms. The van der Waals surface area contributed by atoms with E-state index in [4.69, 9.17) is 5.73 Å². The molecule has 2 rings (SSSR count). The number of hydrogen-bond acceptors (Lipinski definition) is 3. The third-order valence-electron chi connectivity index (χ3n) is 2.40. The average Bonchev–Trinajstić information content (AvgIpc) is 2.33. The predicted molar refractivity (Wildman–Crippen MR) is 70.8 cm³/mol. The number of halogens is 1. The molecule has 0 saturated carbocycles. The van der Waals surface area contributed by atoms with Crippen LogP contribution in [0.4, 0.5) is 5.69 Å². The molecule has 0 aliphatic rings. The number of aromatic nitrogens is 1. The second kappa shape index (κ2) is 5.10. The molecule has 0 spiro atoms. The third kappa shape index (κ3) is 2.91. The van der Waals surface area contributed by atoms with Crippen LogP contribution in [0.5, 0.6) is 0 Å². The number of carbonyl (C=O) groups is 1. The Hall–Kier alpha value is -1.68. The summed E-state index contributed by atoms with van der Waals surface area (Å²) >= 11 is 3.33. The maximum atomic E-state index is 12.1. The summed E-state index contributed by atoms with van der Waals surface area (Å²) in [4.78, 5) is 16.0. The molecule has 0 unspecified atom stereocenters. The lowest BCUT2D eigenvalue weighted by Crippen LogP contribution is -2.07. The van der Waals surface area contributed by atoms with Crippen LogP contribution in [0.25, 0.3) is 0 Å². The van der Waals surface area contributed by atoms with Gasteiger partial charge in [0, 0.05) is 34.5 Å². The Morgan fingerprint density at radius 1 is 1.35 bits per heavy atom. The smallest absolute Gasteiger partial charge is 0.169 e. The highest BCUT2D eigenvalue weighted by Gasteiger charge is 2.11. The Morgan fingerprint density at radius 2 is 2.18 bits per heavy atom. The fourth-order valence-corrected chi connectivity index (χ4v) is 1.91. The molecule has 0 saturated heterocycles. The number of nitrogen functional groups attached to an aromatic ring is 1. The zero-order valence-electron chi connectivity index (χ0n) is 9.06. The van der Waals surface area contributed by atoms with Gasteiger partial charge in [-0.1, -0.05) is 22.0 Å². The summed E-state index contributed by atoms with van der Waals surface area (Å²) in [6, 6.07) is 8.97. The van der Waals surface area contributed by atoms with Gasteiger partial charge in [-0.05, 0) is 29.8 Å². The van der Waals surface area contributed by atoms with Gasteiger partial charge in [-0.25, -0.2) is 0 Å². The van der Waals surface area contributed by atoms with Gasteiger partial charge in [0.25, 0.3) is 0 Å². The summed E-state index contributed by atoms with van der Waals surface area (Å²) in [5.41, 5.74) is 7.72. The van der Waals surface area contributed by atoms with E-state index in [2.05, 4.69) is 20.9 Å². The Kier molecular flexibility index (Phi) is 3.54. The number of anilines is 1. The monoisotopic (exact) mass is 290 g/mol. The molecule has 3 nitrogen and oxygen atoms in total. The molecule has 0 bridgehead atoms. The molecule has 2 N–H and O–H groups in total. The van der Waals surface area contributed by atoms with Crippen molar-refractivity contribution in [1.29, 1.82) is 0 Å². The Bertz CT molecular complexity index is 540. The zero-order valence-corrected chi connectivity index (χ0v) is 10.6. The summed E-state index contributed by atoms with van der Waals surface area (Å²) < 4.78 is 0.848. The first-order chi connectivity index (χ1) is 8.16. The van der Waals surface area contributed by atoms with Crippen LogP contribution in [0, 0.1) is 0 Å². The van der Waals surface area contributed by atoms with Crippen LogP contribution in [0.1, 0.15) is 15.9 Å². The molecule has 0 radical (unpaired) electrons. The lowest BCUT2D eigenvalue weighted by molar-refractivity contribution is 0.0993. The van der Waals surface area contributed by atoms with E-state index in [1.807, 2.05) is 18.2 Å². The van der Waals surface area contributed by atoms with E-state index in [9.17, 15) is 4.79 Å². The van der Waals surface area contributed by atoms with Crippen LogP contribution in [0.2, 0.25) is 0 Å². The molecule has 0 fully saturated rings. The van der Waals surface area contributed by atoms with Gasteiger partial charge in [0.1, 0.15) is 0 Å². The second-order valence-electron chi connectivity index (χ2n) is 3.69. The van der Waals surface area contributed by atoms with Gasteiger partial charge in [0.15, 0.2) is 5.78 Å². The number of benzene rings is 1. The van der Waals surface area contributed by atoms with Crippen LogP contribution in [-0.4, -0.2) is 10.8 Å². The van der Waals surface area contributed by atoms with Crippen molar-refractivity contribution in [2.75, 3.05) is 5.73 Å². The largest absolute Gasteiger partial charge is 0.398 e. The number of nitrogens with zero attached hydrogens (tertiary/aromatic N) is 1. The SMILES string of the molecule is Nc1ccc(Br)cc1C(=O)Cc1cccnc1. The van der Waals surface area contributed by atoms with Gasteiger partial charge in [-0.3, -0.25) is 9.78 Å². The molecular weight excluding hydrogens is 280 g/mol. The number of rotatable bonds is 3. The summed E-state index contributed by atoms with van der Waals surface area (Å²) in [5, 5.41) is 0. The first-order valence-corrected chi connectivity index (χ1v) is 5.93. The van der Waals surface area contributed by atoms with Crippen LogP contribution < -0.4 is 5.73 Å². The van der Waals surface area contributed by atoms with Crippen molar-refractivity contribution in [3.63, 3.8) is 0 Å². The fraction of sp³-hybridized carbons (Fsp3) is 0.0769. The summed E-state index contributed by atoms with van der Waals surface area (Å²) in [5.74, 6) is -0.00296. The molecule has 17 heavy (non-hydrogen) atoms. The van der Waals surface area contributed by atoms with Crippen molar-refractivity contribution >= 4 is 27.4 Å². The maximum Gasteiger partial charge on any atom is 0.169 e. The minimum absolute atomic E-state index is 0.00296. The highest BCUT2D eigenvalue weighted by Crippen LogP contribution is 2.20. The molecule has 1 aromatic heterocycles. The topological polar surface area (TPSA) is 56.0 Å². The average molecular weight is 291 g/mol. The normalized spacial score (nSPS) is 10.2. The molecule has 2 aromatic rings. The van der Waals surface area contributed by atoms with Crippen LogP contribution in [0.15, 0.2) is 47.2 Å². The minimum Gasteiger partial charge on any atom is -0.398 e. The number of ketones is 1. The van der Waals surface area contributed by atoms with E-state index in [1.165, 1.54) is 0 Å². The predicted octanol–water partition coefficient (Wildman–Crippen LogP) is 2.85. The van der Waals surface area contributed by atoms with Crippen molar-refractivity contribution in [3.05, 3.63) is 58.3 Å². The van der Waals surface area contributed by atoms with Crippen molar-refractivity contribution in [3.8, 4) is 0 Å². The number of hydrogen-bond donors (Lipinski definition) is 1. The van der Waals surface area contributed by atoms with Crippen molar-refractivity contribution in [2.24, 2.45) is 0 Å². The highest BCUT2D eigenvalue weighted by molar-refractivity contribution is 9.10. The van der Waals surface area contributed by atoms with Gasteiger partial charge >= 0.3 is 0 Å². The lowest BCUT2D eigenvalue weighted by Gasteiger charge is -2.05. The first-order valence-electron chi connectivity index (χ1n) is 5.14. The van der Waals surface area contributed by atoms with E-state index in [0.717, 1.165) is 10.0 Å². The number of pyridine rings is 1. The molecule has 0 amide bonds. The Morgan fingerprint density at radius 3 is 2.88 bits per heavy atom. The summed E-state index contributed by atoms with van der Waals surface area (Å²) in [7, 11) is 0. The number of Topliss-reactive ketones (excluding diaryl/α,β-unsaturated/α-hetero) is 1. The van der Waals surface area contributed by atoms with Gasteiger partial charge in [0.05, 0.1) is 0 Å². The molecule has 0 aliphatic carbocycles. The highest BCUT2D eigenvalue weighted by atomic mass is 79.9. The van der Waals surface area contributed by atoms with Gasteiger partial charge in [-0.15, -0.1) is 0 Å². The molecular formula is C13H11BrN2O. The van der Waals surface area contributed by atoms with Crippen molar-refractivity contribution < 1.29 is 4.79 Å². The van der Waals surface area contributed by atoms with E-state index in [1.54, 1.807) is 24.5 Å². The van der Waals surface area contributed by atoms with E-state index < -0.39 is 0 Å². The summed E-state index contributed by atoms with van der Waals surface area (Å²) in [6.45, 7) is 0. The van der Waals surface area contributed by atoms with Crippen molar-refractivity contribution in [1.82, 2.24) is 4.98 Å². The van der Waals surface area contributed by atoms with E-state index in [0.29, 0.717) is 17.7 Å². The van der Waals surface area contributed by atoms with Gasteiger partial charge < -0.3 is 5.73 Å². The van der Waals surface area contributed by atoms with Crippen molar-refractivity contribution in [2.45, 2.75) is 6.42 Å². The first kappa shape index (κ1) is 11.8. The number of nitrogens with two attached hydrogens (primary N) is 1. The molecule has 0 aliphatic heterocycles. The maximum absolute atomic E-state index is 12.1. The summed E-state index contributed by atoms with van der Waals surface area (Å²) in [6.07, 6.45) is 3.68. The molecule has 1 aromatic carbocycles. The molecule has 1 heterocycles. The van der Waals surface area contributed by atoms with E-state index in [-0.39, 0.29) is 5.78 Å². The fourth-order valence-electron chi connectivity index (χ4n) is 1.55. The number of carbonyl (C=O) groups excluding carboxylic acids is 1. The lowest BCUT2D eigenvalue weighted by atomic mass is 10.0. The van der Waals surface area contributed by atoms with Crippen LogP contribution in [-0.2, 0) is 6.42 Å². The van der Waals surface area contributed by atoms with Crippen LogP contribution >= 0.6 is 15.9 Å². The van der Waals surface area contributed by atoms with Crippen LogP contribution in [0.3, 0.4) is 0 Å². The minimum atomic E-state index is -0.00296.